The van der Waals surface area contributed by atoms with Gasteiger partial charge in [0.25, 0.3) is 0 Å². The first kappa shape index (κ1) is 21.8. The Morgan fingerprint density at radius 3 is 2.03 bits per heavy atom. The largest absolute Gasteiger partial charge is 0.354 e. The van der Waals surface area contributed by atoms with Crippen LogP contribution in [0.4, 0.5) is 5.69 Å². The van der Waals surface area contributed by atoms with Crippen LogP contribution in [0.3, 0.4) is 0 Å². The molecule has 0 aliphatic carbocycles. The molecule has 0 saturated carbocycles. The van der Waals surface area contributed by atoms with Gasteiger partial charge in [-0.15, -0.1) is 12.4 Å². The van der Waals surface area contributed by atoms with E-state index in [0.29, 0.717) is 0 Å². The molecule has 1 unspecified atom stereocenters. The fraction of sp³-hybridized carbons (Fsp3) is 0.136. The Kier molecular flexibility index (Phi) is 7.10. The molecule has 1 heterocycles. The van der Waals surface area contributed by atoms with Crippen molar-refractivity contribution in [2.24, 2.45) is 4.99 Å². The molecule has 1 atom stereocenters. The maximum Gasteiger partial charge on any atom is 0.241 e. The van der Waals surface area contributed by atoms with Gasteiger partial charge in [-0.3, -0.25) is 4.99 Å². The number of hydrogen-bond acceptors (Lipinski definition) is 5. The summed E-state index contributed by atoms with van der Waals surface area (Å²) in [5.41, 5.74) is 2.61. The van der Waals surface area contributed by atoms with E-state index in [2.05, 4.69) is 20.3 Å². The lowest BCUT2D eigenvalue weighted by molar-refractivity contribution is 0.572. The van der Waals surface area contributed by atoms with Crippen LogP contribution in [0, 0.1) is 0 Å². The minimum Gasteiger partial charge on any atom is -0.354 e. The molecule has 0 bridgehead atoms. The number of nitrogens with zero attached hydrogens (tertiary/aromatic N) is 1. The van der Waals surface area contributed by atoms with E-state index in [1.54, 1.807) is 30.3 Å². The minimum atomic E-state index is -3.68. The Morgan fingerprint density at radius 1 is 0.833 bits per heavy atom. The molecule has 4 rings (SSSR count). The van der Waals surface area contributed by atoms with Gasteiger partial charge in [0.05, 0.1) is 17.5 Å². The molecule has 30 heavy (non-hydrogen) atoms. The Labute approximate surface area is 182 Å². The molecular formula is C22H23ClN4O2S. The van der Waals surface area contributed by atoms with E-state index in [9.17, 15) is 8.42 Å². The molecule has 0 radical (unpaired) electrons. The molecule has 0 amide bonds. The van der Waals surface area contributed by atoms with Crippen LogP contribution >= 0.6 is 12.4 Å². The third-order valence-corrected chi connectivity index (χ3v) is 6.08. The molecule has 3 aromatic rings. The molecule has 156 valence electrons. The second-order valence-electron chi connectivity index (χ2n) is 6.68. The summed E-state index contributed by atoms with van der Waals surface area (Å²) in [7, 11) is -3.68. The average molecular weight is 443 g/mol. The van der Waals surface area contributed by atoms with Gasteiger partial charge in [0, 0.05) is 12.2 Å². The first-order valence-corrected chi connectivity index (χ1v) is 10.9. The molecule has 0 saturated heterocycles. The van der Waals surface area contributed by atoms with Gasteiger partial charge in [-0.05, 0) is 35.4 Å². The van der Waals surface area contributed by atoms with E-state index >= 15 is 0 Å². The Bertz CT molecular complexity index is 1090. The van der Waals surface area contributed by atoms with Crippen molar-refractivity contribution in [3.63, 3.8) is 0 Å². The van der Waals surface area contributed by atoms with E-state index < -0.39 is 16.1 Å². The normalized spacial score (nSPS) is 14.2. The predicted octanol–water partition coefficient (Wildman–Crippen LogP) is 3.55. The standard InChI is InChI=1S/C22H22N4O2S.ClH/c27-29(28,20-9-5-2-6-10-20)26-21(17-7-3-1-4-8-17)18-11-13-19(14-12-18)25-22-23-15-16-24-22;/h1-14,21,26H,15-16H2,(H2,23,24,25);1H. The first-order valence-electron chi connectivity index (χ1n) is 9.39. The molecule has 3 N–H and O–H groups in total. The van der Waals surface area contributed by atoms with E-state index in [1.807, 2.05) is 54.6 Å². The SMILES string of the molecule is Cl.O=S(=O)(NC(c1ccccc1)c1ccc(NC2=NCCN2)cc1)c1ccccc1. The third-order valence-electron chi connectivity index (χ3n) is 4.64. The van der Waals surface area contributed by atoms with Gasteiger partial charge in [-0.1, -0.05) is 60.7 Å². The summed E-state index contributed by atoms with van der Waals surface area (Å²) in [5.74, 6) is 0.752. The van der Waals surface area contributed by atoms with E-state index in [0.717, 1.165) is 35.9 Å². The zero-order valence-corrected chi connectivity index (χ0v) is 17.8. The summed E-state index contributed by atoms with van der Waals surface area (Å²) < 4.78 is 28.7. The summed E-state index contributed by atoms with van der Waals surface area (Å²) in [4.78, 5) is 4.56. The Balaban J connectivity index is 0.00000256. The Hall–Kier alpha value is -2.87. The van der Waals surface area contributed by atoms with Crippen molar-refractivity contribution in [2.45, 2.75) is 10.9 Å². The van der Waals surface area contributed by atoms with Gasteiger partial charge in [-0.2, -0.15) is 4.72 Å². The van der Waals surface area contributed by atoms with E-state index in [4.69, 9.17) is 0 Å². The quantitative estimate of drug-likeness (QED) is 0.545. The highest BCUT2D eigenvalue weighted by Crippen LogP contribution is 2.26. The van der Waals surface area contributed by atoms with E-state index in [-0.39, 0.29) is 17.3 Å². The Morgan fingerprint density at radius 2 is 1.43 bits per heavy atom. The summed E-state index contributed by atoms with van der Waals surface area (Å²) in [6.07, 6.45) is 0. The molecule has 8 heteroatoms. The lowest BCUT2D eigenvalue weighted by Crippen LogP contribution is -2.29. The maximum atomic E-state index is 12.9. The minimum absolute atomic E-state index is 0. The highest BCUT2D eigenvalue weighted by atomic mass is 35.5. The van der Waals surface area contributed by atoms with Crippen LogP contribution in [0.15, 0.2) is 94.8 Å². The van der Waals surface area contributed by atoms with Gasteiger partial charge in [-0.25, -0.2) is 8.42 Å². The summed E-state index contributed by atoms with van der Waals surface area (Å²) >= 11 is 0. The van der Waals surface area contributed by atoms with Gasteiger partial charge in [0.15, 0.2) is 5.96 Å². The predicted molar refractivity (Wildman–Crippen MR) is 123 cm³/mol. The lowest BCUT2D eigenvalue weighted by Gasteiger charge is -2.20. The van der Waals surface area contributed by atoms with Gasteiger partial charge in [0.2, 0.25) is 10.0 Å². The van der Waals surface area contributed by atoms with Crippen molar-refractivity contribution < 1.29 is 8.42 Å². The fourth-order valence-corrected chi connectivity index (χ4v) is 4.41. The first-order chi connectivity index (χ1) is 14.1. The number of guanidine groups is 1. The number of benzene rings is 3. The highest BCUT2D eigenvalue weighted by Gasteiger charge is 2.22. The zero-order chi connectivity index (χ0) is 20.1. The molecule has 0 aromatic heterocycles. The van der Waals surface area contributed by atoms with Crippen molar-refractivity contribution >= 4 is 34.1 Å². The second-order valence-corrected chi connectivity index (χ2v) is 8.40. The van der Waals surface area contributed by atoms with Crippen LogP contribution in [-0.2, 0) is 10.0 Å². The number of aliphatic imine (C=N–C) groups is 1. The van der Waals surface area contributed by atoms with Crippen molar-refractivity contribution in [1.82, 2.24) is 10.0 Å². The topological polar surface area (TPSA) is 82.6 Å². The van der Waals surface area contributed by atoms with Gasteiger partial charge >= 0.3 is 0 Å². The van der Waals surface area contributed by atoms with Crippen LogP contribution in [0.1, 0.15) is 17.2 Å². The monoisotopic (exact) mass is 442 g/mol. The fourth-order valence-electron chi connectivity index (χ4n) is 3.17. The van der Waals surface area contributed by atoms with Gasteiger partial charge < -0.3 is 10.6 Å². The van der Waals surface area contributed by atoms with Crippen LogP contribution in [0.2, 0.25) is 0 Å². The summed E-state index contributed by atoms with van der Waals surface area (Å²) in [5, 5.41) is 6.39. The lowest BCUT2D eigenvalue weighted by atomic mass is 9.99. The second kappa shape index (κ2) is 9.75. The number of sulfonamides is 1. The van der Waals surface area contributed by atoms with Crippen LogP contribution in [0.25, 0.3) is 0 Å². The van der Waals surface area contributed by atoms with Crippen molar-refractivity contribution in [3.05, 3.63) is 96.1 Å². The number of nitrogens with one attached hydrogen (secondary N) is 3. The average Bonchev–Trinajstić information content (AvgIpc) is 3.27. The van der Waals surface area contributed by atoms with Crippen LogP contribution in [-0.4, -0.2) is 27.5 Å². The zero-order valence-electron chi connectivity index (χ0n) is 16.2. The number of rotatable bonds is 6. The highest BCUT2D eigenvalue weighted by molar-refractivity contribution is 7.89. The van der Waals surface area contributed by atoms with Crippen LogP contribution in [0.5, 0.6) is 0 Å². The third kappa shape index (κ3) is 5.18. The summed E-state index contributed by atoms with van der Waals surface area (Å²) in [6.45, 7) is 1.59. The molecular weight excluding hydrogens is 420 g/mol. The number of halogens is 1. The smallest absolute Gasteiger partial charge is 0.241 e. The summed E-state index contributed by atoms with van der Waals surface area (Å²) in [6, 6.07) is 25.1. The van der Waals surface area contributed by atoms with Gasteiger partial charge in [0.1, 0.15) is 0 Å². The number of hydrogen-bond donors (Lipinski definition) is 3. The van der Waals surface area contributed by atoms with Crippen molar-refractivity contribution in [1.29, 1.82) is 0 Å². The maximum absolute atomic E-state index is 12.9. The number of anilines is 1. The van der Waals surface area contributed by atoms with E-state index in [1.165, 1.54) is 0 Å². The molecule has 3 aromatic carbocycles. The molecule has 1 aliphatic rings. The molecule has 0 fully saturated rings. The molecule has 1 aliphatic heterocycles. The molecule has 6 nitrogen and oxygen atoms in total. The van der Waals surface area contributed by atoms with Crippen molar-refractivity contribution in [3.8, 4) is 0 Å². The van der Waals surface area contributed by atoms with Crippen molar-refractivity contribution in [2.75, 3.05) is 18.4 Å². The van der Waals surface area contributed by atoms with Crippen LogP contribution < -0.4 is 15.4 Å². The molecule has 0 spiro atoms.